The standard InChI is InChI=1S/C12H19ClN4/c1-10(9-17-7-3-2-4-8-17)14-12-6-5-11(13)15-16-12/h5-6,10H,2-4,7-9H2,1H3,(H,14,16). The summed E-state index contributed by atoms with van der Waals surface area (Å²) < 4.78 is 0. The van der Waals surface area contributed by atoms with E-state index < -0.39 is 0 Å². The van der Waals surface area contributed by atoms with Gasteiger partial charge in [0.2, 0.25) is 0 Å². The van der Waals surface area contributed by atoms with Gasteiger partial charge in [0.15, 0.2) is 5.15 Å². The molecule has 0 aromatic carbocycles. The minimum absolute atomic E-state index is 0.378. The number of hydrogen-bond donors (Lipinski definition) is 1. The minimum atomic E-state index is 0.378. The van der Waals surface area contributed by atoms with Crippen molar-refractivity contribution in [3.05, 3.63) is 17.3 Å². The van der Waals surface area contributed by atoms with Crippen LogP contribution in [0.1, 0.15) is 26.2 Å². The fourth-order valence-corrected chi connectivity index (χ4v) is 2.32. The van der Waals surface area contributed by atoms with Crippen LogP contribution in [0.3, 0.4) is 0 Å². The molecule has 1 aromatic rings. The van der Waals surface area contributed by atoms with Crippen LogP contribution in [0.5, 0.6) is 0 Å². The molecule has 1 aliphatic heterocycles. The fourth-order valence-electron chi connectivity index (χ4n) is 2.22. The molecule has 1 fully saturated rings. The third-order valence-electron chi connectivity index (χ3n) is 3.01. The maximum absolute atomic E-state index is 5.69. The maximum atomic E-state index is 5.69. The van der Waals surface area contributed by atoms with Gasteiger partial charge < -0.3 is 10.2 Å². The van der Waals surface area contributed by atoms with Gasteiger partial charge in [0.05, 0.1) is 0 Å². The summed E-state index contributed by atoms with van der Waals surface area (Å²) in [5.41, 5.74) is 0. The predicted molar refractivity (Wildman–Crippen MR) is 70.4 cm³/mol. The largest absolute Gasteiger partial charge is 0.365 e. The maximum Gasteiger partial charge on any atom is 0.151 e. The second-order valence-electron chi connectivity index (χ2n) is 4.65. The van der Waals surface area contributed by atoms with Crippen molar-refractivity contribution in [1.82, 2.24) is 15.1 Å². The first-order chi connectivity index (χ1) is 8.24. The van der Waals surface area contributed by atoms with Crippen LogP contribution in [0.25, 0.3) is 0 Å². The van der Waals surface area contributed by atoms with Crippen LogP contribution in [-0.4, -0.2) is 40.8 Å². The molecule has 0 spiro atoms. The van der Waals surface area contributed by atoms with Gasteiger partial charge in [-0.1, -0.05) is 18.0 Å². The van der Waals surface area contributed by atoms with Crippen molar-refractivity contribution in [2.24, 2.45) is 0 Å². The molecule has 0 amide bonds. The molecular weight excluding hydrogens is 236 g/mol. The van der Waals surface area contributed by atoms with Crippen LogP contribution in [0.4, 0.5) is 5.82 Å². The molecule has 17 heavy (non-hydrogen) atoms. The minimum Gasteiger partial charge on any atom is -0.365 e. The highest BCUT2D eigenvalue weighted by Crippen LogP contribution is 2.11. The molecule has 1 aliphatic rings. The highest BCUT2D eigenvalue weighted by Gasteiger charge is 2.13. The fraction of sp³-hybridized carbons (Fsp3) is 0.667. The lowest BCUT2D eigenvalue weighted by Gasteiger charge is -2.29. The Morgan fingerprint density at radius 3 is 2.71 bits per heavy atom. The van der Waals surface area contributed by atoms with Gasteiger partial charge in [-0.2, -0.15) is 0 Å². The van der Waals surface area contributed by atoms with Crippen LogP contribution < -0.4 is 5.32 Å². The van der Waals surface area contributed by atoms with Crippen molar-refractivity contribution in [3.8, 4) is 0 Å². The van der Waals surface area contributed by atoms with Crippen LogP contribution in [0, 0.1) is 0 Å². The third-order valence-corrected chi connectivity index (χ3v) is 3.21. The van der Waals surface area contributed by atoms with Gasteiger partial charge in [-0.15, -0.1) is 10.2 Å². The number of rotatable bonds is 4. The molecule has 5 heteroatoms. The zero-order chi connectivity index (χ0) is 12.1. The first-order valence-electron chi connectivity index (χ1n) is 6.22. The number of piperidine rings is 1. The van der Waals surface area contributed by atoms with Crippen LogP contribution in [-0.2, 0) is 0 Å². The number of likely N-dealkylation sites (tertiary alicyclic amines) is 1. The van der Waals surface area contributed by atoms with Crippen molar-refractivity contribution in [2.75, 3.05) is 25.0 Å². The molecule has 2 heterocycles. The summed E-state index contributed by atoms with van der Waals surface area (Å²) in [6.07, 6.45) is 4.03. The topological polar surface area (TPSA) is 41.0 Å². The molecule has 0 bridgehead atoms. The average Bonchev–Trinajstić information content (AvgIpc) is 2.33. The highest BCUT2D eigenvalue weighted by molar-refractivity contribution is 6.29. The molecule has 94 valence electrons. The van der Waals surface area contributed by atoms with Gasteiger partial charge in [-0.25, -0.2) is 0 Å². The zero-order valence-electron chi connectivity index (χ0n) is 10.2. The molecule has 0 aliphatic carbocycles. The van der Waals surface area contributed by atoms with E-state index in [0.717, 1.165) is 12.4 Å². The van der Waals surface area contributed by atoms with Gasteiger partial charge in [-0.3, -0.25) is 0 Å². The van der Waals surface area contributed by atoms with E-state index in [-0.39, 0.29) is 0 Å². The number of aromatic nitrogens is 2. The monoisotopic (exact) mass is 254 g/mol. The molecule has 2 rings (SSSR count). The first kappa shape index (κ1) is 12.6. The Bertz CT molecular complexity index is 335. The summed E-state index contributed by atoms with van der Waals surface area (Å²) in [5, 5.41) is 11.6. The highest BCUT2D eigenvalue weighted by atomic mass is 35.5. The number of anilines is 1. The molecule has 1 N–H and O–H groups in total. The molecular formula is C12H19ClN4. The Labute approximate surface area is 107 Å². The number of nitrogens with one attached hydrogen (secondary N) is 1. The van der Waals surface area contributed by atoms with E-state index in [1.165, 1.54) is 32.4 Å². The average molecular weight is 255 g/mol. The molecule has 1 saturated heterocycles. The summed E-state index contributed by atoms with van der Waals surface area (Å²) in [4.78, 5) is 2.50. The van der Waals surface area contributed by atoms with Crippen LogP contribution in [0.2, 0.25) is 5.15 Å². The van der Waals surface area contributed by atoms with E-state index in [2.05, 4.69) is 27.3 Å². The molecule has 1 atom stereocenters. The zero-order valence-corrected chi connectivity index (χ0v) is 11.0. The quantitative estimate of drug-likeness (QED) is 0.896. The van der Waals surface area contributed by atoms with Crippen LogP contribution >= 0.6 is 11.6 Å². The van der Waals surface area contributed by atoms with E-state index in [1.54, 1.807) is 6.07 Å². The third kappa shape index (κ3) is 4.13. The summed E-state index contributed by atoms with van der Waals surface area (Å²) in [7, 11) is 0. The number of hydrogen-bond acceptors (Lipinski definition) is 4. The molecule has 1 unspecified atom stereocenters. The Hall–Kier alpha value is -0.870. The number of halogens is 1. The summed E-state index contributed by atoms with van der Waals surface area (Å²) >= 11 is 5.69. The smallest absolute Gasteiger partial charge is 0.151 e. The molecule has 0 radical (unpaired) electrons. The Kier molecular flexibility index (Phi) is 4.57. The van der Waals surface area contributed by atoms with Gasteiger partial charge in [-0.05, 0) is 45.0 Å². The van der Waals surface area contributed by atoms with E-state index in [0.29, 0.717) is 11.2 Å². The SMILES string of the molecule is CC(CN1CCCCC1)Nc1ccc(Cl)nn1. The van der Waals surface area contributed by atoms with E-state index >= 15 is 0 Å². The lowest BCUT2D eigenvalue weighted by atomic mass is 10.1. The normalized spacial score (nSPS) is 18.9. The second-order valence-corrected chi connectivity index (χ2v) is 5.04. The van der Waals surface area contributed by atoms with Crippen molar-refractivity contribution in [1.29, 1.82) is 0 Å². The predicted octanol–water partition coefficient (Wildman–Crippen LogP) is 2.42. The lowest BCUT2D eigenvalue weighted by Crippen LogP contribution is -2.38. The Balaban J connectivity index is 1.79. The Morgan fingerprint density at radius 1 is 1.29 bits per heavy atom. The summed E-state index contributed by atoms with van der Waals surface area (Å²) in [5.74, 6) is 0.791. The molecule has 0 saturated carbocycles. The molecule has 1 aromatic heterocycles. The summed E-state index contributed by atoms with van der Waals surface area (Å²) in [6.45, 7) is 5.67. The van der Waals surface area contributed by atoms with Crippen molar-refractivity contribution >= 4 is 17.4 Å². The van der Waals surface area contributed by atoms with Gasteiger partial charge in [0.25, 0.3) is 0 Å². The van der Waals surface area contributed by atoms with Gasteiger partial charge in [0.1, 0.15) is 5.82 Å². The number of nitrogens with zero attached hydrogens (tertiary/aromatic N) is 3. The van der Waals surface area contributed by atoms with Crippen molar-refractivity contribution < 1.29 is 0 Å². The summed E-state index contributed by atoms with van der Waals surface area (Å²) in [6, 6.07) is 4.00. The first-order valence-corrected chi connectivity index (χ1v) is 6.60. The van der Waals surface area contributed by atoms with Crippen molar-refractivity contribution in [2.45, 2.75) is 32.2 Å². The molecule has 4 nitrogen and oxygen atoms in total. The van der Waals surface area contributed by atoms with Gasteiger partial charge >= 0.3 is 0 Å². The second kappa shape index (κ2) is 6.17. The lowest BCUT2D eigenvalue weighted by molar-refractivity contribution is 0.223. The van der Waals surface area contributed by atoms with E-state index in [4.69, 9.17) is 11.6 Å². The van der Waals surface area contributed by atoms with Crippen LogP contribution in [0.15, 0.2) is 12.1 Å². The van der Waals surface area contributed by atoms with E-state index in [1.807, 2.05) is 6.07 Å². The van der Waals surface area contributed by atoms with Gasteiger partial charge in [0, 0.05) is 12.6 Å². The van der Waals surface area contributed by atoms with E-state index in [9.17, 15) is 0 Å². The van der Waals surface area contributed by atoms with Crippen molar-refractivity contribution in [3.63, 3.8) is 0 Å². The Morgan fingerprint density at radius 2 is 2.06 bits per heavy atom.